The average Bonchev–Trinajstić information content (AvgIpc) is 2.26. The zero-order valence-electron chi connectivity index (χ0n) is 9.90. The molecular formula is C11H14BrN3O2S. The summed E-state index contributed by atoms with van der Waals surface area (Å²) in [4.78, 5) is 0. The van der Waals surface area contributed by atoms with Crippen LogP contribution in [-0.2, 0) is 10.0 Å². The quantitative estimate of drug-likeness (QED) is 0.777. The van der Waals surface area contributed by atoms with Gasteiger partial charge in [0.05, 0.1) is 17.9 Å². The van der Waals surface area contributed by atoms with Crippen LogP contribution in [0.25, 0.3) is 0 Å². The van der Waals surface area contributed by atoms with Crippen molar-refractivity contribution in [3.8, 4) is 6.07 Å². The van der Waals surface area contributed by atoms with Crippen LogP contribution in [0.15, 0.2) is 22.7 Å². The molecule has 0 atom stereocenters. The van der Waals surface area contributed by atoms with Crippen molar-refractivity contribution in [1.82, 2.24) is 4.72 Å². The number of benzene rings is 1. The molecule has 0 spiro atoms. The number of halogens is 1. The average molecular weight is 332 g/mol. The Balaban J connectivity index is 2.40. The van der Waals surface area contributed by atoms with Crippen LogP contribution in [0.2, 0.25) is 0 Å². The summed E-state index contributed by atoms with van der Waals surface area (Å²) >= 11 is 3.32. The molecular weight excluding hydrogens is 318 g/mol. The molecule has 0 aromatic heterocycles. The van der Waals surface area contributed by atoms with E-state index in [1.165, 1.54) is 0 Å². The normalized spacial score (nSPS) is 10.9. The van der Waals surface area contributed by atoms with Gasteiger partial charge in [-0.3, -0.25) is 0 Å². The fourth-order valence-electron chi connectivity index (χ4n) is 1.33. The summed E-state index contributed by atoms with van der Waals surface area (Å²) in [5.74, 6) is 0. The van der Waals surface area contributed by atoms with Crippen LogP contribution in [0.5, 0.6) is 0 Å². The van der Waals surface area contributed by atoms with E-state index >= 15 is 0 Å². The highest BCUT2D eigenvalue weighted by molar-refractivity contribution is 9.10. The Hall–Kier alpha value is -1.10. The maximum absolute atomic E-state index is 10.8. The van der Waals surface area contributed by atoms with E-state index in [4.69, 9.17) is 5.26 Å². The molecule has 0 aliphatic heterocycles. The maximum atomic E-state index is 10.8. The van der Waals surface area contributed by atoms with Crippen molar-refractivity contribution in [2.24, 2.45) is 0 Å². The number of hydrogen-bond acceptors (Lipinski definition) is 4. The van der Waals surface area contributed by atoms with Gasteiger partial charge < -0.3 is 5.32 Å². The summed E-state index contributed by atoms with van der Waals surface area (Å²) in [5.41, 5.74) is 1.40. The molecule has 5 nitrogen and oxygen atoms in total. The highest BCUT2D eigenvalue weighted by Gasteiger charge is 2.00. The largest absolute Gasteiger partial charge is 0.385 e. The van der Waals surface area contributed by atoms with Crippen molar-refractivity contribution >= 4 is 31.6 Å². The van der Waals surface area contributed by atoms with Crippen LogP contribution < -0.4 is 10.0 Å². The van der Waals surface area contributed by atoms with E-state index in [-0.39, 0.29) is 0 Å². The zero-order chi connectivity index (χ0) is 13.6. The smallest absolute Gasteiger partial charge is 0.208 e. The van der Waals surface area contributed by atoms with Crippen LogP contribution in [0.1, 0.15) is 12.0 Å². The fourth-order valence-corrected chi connectivity index (χ4v) is 2.34. The first-order chi connectivity index (χ1) is 8.40. The third-order valence-electron chi connectivity index (χ3n) is 2.07. The summed E-state index contributed by atoms with van der Waals surface area (Å²) in [5, 5.41) is 11.9. The van der Waals surface area contributed by atoms with Crippen molar-refractivity contribution in [2.45, 2.75) is 6.42 Å². The van der Waals surface area contributed by atoms with Gasteiger partial charge in [-0.1, -0.05) is 15.9 Å². The molecule has 0 amide bonds. The van der Waals surface area contributed by atoms with E-state index in [2.05, 4.69) is 32.0 Å². The van der Waals surface area contributed by atoms with E-state index in [0.29, 0.717) is 25.1 Å². The Morgan fingerprint density at radius 3 is 2.67 bits per heavy atom. The topological polar surface area (TPSA) is 82.0 Å². The van der Waals surface area contributed by atoms with E-state index in [1.807, 2.05) is 6.07 Å². The third kappa shape index (κ3) is 6.00. The van der Waals surface area contributed by atoms with Gasteiger partial charge in [-0.2, -0.15) is 5.26 Å². The number of nitriles is 1. The number of nitrogens with zero attached hydrogens (tertiary/aromatic N) is 1. The molecule has 18 heavy (non-hydrogen) atoms. The van der Waals surface area contributed by atoms with Gasteiger partial charge in [-0.05, 0) is 24.6 Å². The van der Waals surface area contributed by atoms with Crippen LogP contribution in [0.4, 0.5) is 5.69 Å². The van der Waals surface area contributed by atoms with Crippen molar-refractivity contribution in [3.05, 3.63) is 28.2 Å². The Kier molecular flexibility index (Phi) is 5.59. The molecule has 0 radical (unpaired) electrons. The number of hydrogen-bond donors (Lipinski definition) is 2. The van der Waals surface area contributed by atoms with E-state index in [9.17, 15) is 8.42 Å². The first kappa shape index (κ1) is 15.0. The molecule has 1 rings (SSSR count). The number of sulfonamides is 1. The third-order valence-corrected chi connectivity index (χ3v) is 3.26. The highest BCUT2D eigenvalue weighted by Crippen LogP contribution is 2.18. The second kappa shape index (κ2) is 6.73. The van der Waals surface area contributed by atoms with Gasteiger partial charge in [-0.25, -0.2) is 13.1 Å². The monoisotopic (exact) mass is 331 g/mol. The minimum Gasteiger partial charge on any atom is -0.385 e. The van der Waals surface area contributed by atoms with E-state index in [1.54, 1.807) is 12.1 Å². The number of rotatable bonds is 6. The molecule has 0 aliphatic rings. The lowest BCUT2D eigenvalue weighted by atomic mass is 10.2. The van der Waals surface area contributed by atoms with Gasteiger partial charge in [0.1, 0.15) is 0 Å². The summed E-state index contributed by atoms with van der Waals surface area (Å²) in [6.45, 7) is 1.02. The molecule has 2 N–H and O–H groups in total. The molecule has 0 heterocycles. The lowest BCUT2D eigenvalue weighted by molar-refractivity contribution is 0.586. The molecule has 1 aromatic rings. The van der Waals surface area contributed by atoms with Crippen molar-refractivity contribution in [3.63, 3.8) is 0 Å². The second-order valence-electron chi connectivity index (χ2n) is 3.79. The Bertz CT molecular complexity index is 552. The Morgan fingerprint density at radius 2 is 2.06 bits per heavy atom. The van der Waals surface area contributed by atoms with E-state index in [0.717, 1.165) is 16.4 Å². The van der Waals surface area contributed by atoms with Crippen molar-refractivity contribution < 1.29 is 8.42 Å². The van der Waals surface area contributed by atoms with Gasteiger partial charge in [0.2, 0.25) is 10.0 Å². The molecule has 0 aliphatic carbocycles. The second-order valence-corrected chi connectivity index (χ2v) is 6.54. The Morgan fingerprint density at radius 1 is 1.33 bits per heavy atom. The van der Waals surface area contributed by atoms with Gasteiger partial charge in [0, 0.05) is 23.2 Å². The lowest BCUT2D eigenvalue weighted by Crippen LogP contribution is -2.24. The molecule has 0 unspecified atom stereocenters. The molecule has 7 heteroatoms. The SMILES string of the molecule is CS(=O)(=O)NCCCNc1cc(Br)cc(C#N)c1. The summed E-state index contributed by atoms with van der Waals surface area (Å²) < 4.78 is 24.9. The molecule has 98 valence electrons. The number of anilines is 1. The molecule has 0 fully saturated rings. The highest BCUT2D eigenvalue weighted by atomic mass is 79.9. The summed E-state index contributed by atoms with van der Waals surface area (Å²) in [6.07, 6.45) is 1.80. The van der Waals surface area contributed by atoms with Crippen LogP contribution in [0.3, 0.4) is 0 Å². The predicted molar refractivity (Wildman–Crippen MR) is 74.8 cm³/mol. The van der Waals surface area contributed by atoms with Crippen LogP contribution in [-0.4, -0.2) is 27.8 Å². The minimum atomic E-state index is -3.11. The van der Waals surface area contributed by atoms with Gasteiger partial charge >= 0.3 is 0 Å². The molecule has 0 saturated carbocycles. The standard InChI is InChI=1S/C11H14BrN3O2S/c1-18(16,17)15-4-2-3-14-11-6-9(8-13)5-10(12)7-11/h5-7,14-15H,2-4H2,1H3. The fraction of sp³-hybridized carbons (Fsp3) is 0.364. The lowest BCUT2D eigenvalue weighted by Gasteiger charge is -2.07. The van der Waals surface area contributed by atoms with Crippen molar-refractivity contribution in [1.29, 1.82) is 5.26 Å². The van der Waals surface area contributed by atoms with Gasteiger partial charge in [0.25, 0.3) is 0 Å². The molecule has 0 saturated heterocycles. The first-order valence-corrected chi connectivity index (χ1v) is 7.98. The predicted octanol–water partition coefficient (Wildman–Crippen LogP) is 1.67. The molecule has 1 aromatic carbocycles. The first-order valence-electron chi connectivity index (χ1n) is 5.30. The Labute approximate surface area is 115 Å². The van der Waals surface area contributed by atoms with Gasteiger partial charge in [-0.15, -0.1) is 0 Å². The minimum absolute atomic E-state index is 0.394. The van der Waals surface area contributed by atoms with E-state index < -0.39 is 10.0 Å². The summed E-state index contributed by atoms with van der Waals surface area (Å²) in [6, 6.07) is 7.41. The molecule has 0 bridgehead atoms. The van der Waals surface area contributed by atoms with Gasteiger partial charge in [0.15, 0.2) is 0 Å². The maximum Gasteiger partial charge on any atom is 0.208 e. The van der Waals surface area contributed by atoms with Crippen LogP contribution >= 0.6 is 15.9 Å². The zero-order valence-corrected chi connectivity index (χ0v) is 12.3. The number of nitrogens with one attached hydrogen (secondary N) is 2. The van der Waals surface area contributed by atoms with Crippen molar-refractivity contribution in [2.75, 3.05) is 24.7 Å². The summed E-state index contributed by atoms with van der Waals surface area (Å²) in [7, 11) is -3.11. The van der Waals surface area contributed by atoms with Crippen LogP contribution in [0, 0.1) is 11.3 Å².